The SMILES string of the molecule is COc1cccc(NC2=C(c3ccc(NC(C)=O)cc3)C(=O)N(c3ccc(C)cc3)C2=O)c1. The first-order chi connectivity index (χ1) is 15.9. The fourth-order valence-electron chi connectivity index (χ4n) is 3.61. The molecule has 0 atom stereocenters. The summed E-state index contributed by atoms with van der Waals surface area (Å²) in [6.07, 6.45) is 0. The van der Waals surface area contributed by atoms with E-state index in [1.807, 2.05) is 19.1 Å². The van der Waals surface area contributed by atoms with Gasteiger partial charge in [0, 0.05) is 24.4 Å². The number of hydrogen-bond donors (Lipinski definition) is 2. The minimum Gasteiger partial charge on any atom is -0.497 e. The van der Waals surface area contributed by atoms with Crippen molar-refractivity contribution in [3.63, 3.8) is 0 Å². The van der Waals surface area contributed by atoms with E-state index in [9.17, 15) is 14.4 Å². The van der Waals surface area contributed by atoms with Crippen molar-refractivity contribution in [1.82, 2.24) is 0 Å². The quantitative estimate of drug-likeness (QED) is 0.555. The van der Waals surface area contributed by atoms with E-state index in [0.29, 0.717) is 28.4 Å². The number of anilines is 3. The van der Waals surface area contributed by atoms with Crippen molar-refractivity contribution < 1.29 is 19.1 Å². The number of ether oxygens (including phenoxy) is 1. The molecule has 0 aromatic heterocycles. The molecule has 1 heterocycles. The first-order valence-electron chi connectivity index (χ1n) is 10.4. The Bertz CT molecular complexity index is 1260. The van der Waals surface area contributed by atoms with Gasteiger partial charge in [-0.15, -0.1) is 0 Å². The van der Waals surface area contributed by atoms with Crippen molar-refractivity contribution in [2.24, 2.45) is 0 Å². The van der Waals surface area contributed by atoms with Crippen molar-refractivity contribution in [2.75, 3.05) is 22.6 Å². The van der Waals surface area contributed by atoms with E-state index in [4.69, 9.17) is 4.74 Å². The highest BCUT2D eigenvalue weighted by molar-refractivity contribution is 6.46. The number of aryl methyl sites for hydroxylation is 1. The highest BCUT2D eigenvalue weighted by atomic mass is 16.5. The summed E-state index contributed by atoms with van der Waals surface area (Å²) in [5, 5.41) is 5.82. The molecule has 166 valence electrons. The molecule has 1 aliphatic rings. The molecule has 0 radical (unpaired) electrons. The average molecular weight is 441 g/mol. The van der Waals surface area contributed by atoms with E-state index in [-0.39, 0.29) is 17.2 Å². The Labute approximate surface area is 191 Å². The van der Waals surface area contributed by atoms with E-state index in [1.165, 1.54) is 11.8 Å². The standard InChI is InChI=1S/C26H23N3O4/c1-16-7-13-21(14-8-16)29-25(31)23(18-9-11-19(12-10-18)27-17(2)30)24(26(29)32)28-20-5-4-6-22(15-20)33-3/h4-15,28H,1-3H3,(H,27,30). The van der Waals surface area contributed by atoms with Crippen molar-refractivity contribution >= 4 is 40.4 Å². The molecule has 2 N–H and O–H groups in total. The lowest BCUT2D eigenvalue weighted by atomic mass is 10.0. The summed E-state index contributed by atoms with van der Waals surface area (Å²) in [5.74, 6) is -0.455. The van der Waals surface area contributed by atoms with Gasteiger partial charge in [-0.3, -0.25) is 14.4 Å². The molecule has 0 bridgehead atoms. The maximum atomic E-state index is 13.5. The Balaban J connectivity index is 1.78. The zero-order chi connectivity index (χ0) is 23.5. The molecule has 7 nitrogen and oxygen atoms in total. The van der Waals surface area contributed by atoms with E-state index in [0.717, 1.165) is 5.56 Å². The summed E-state index contributed by atoms with van der Waals surface area (Å²) in [4.78, 5) is 39.5. The van der Waals surface area contributed by atoms with Gasteiger partial charge in [-0.05, 0) is 48.9 Å². The van der Waals surface area contributed by atoms with Gasteiger partial charge in [0.2, 0.25) is 5.91 Å². The summed E-state index contributed by atoms with van der Waals surface area (Å²) in [5.41, 5.74) is 3.70. The van der Waals surface area contributed by atoms with Crippen LogP contribution in [0.3, 0.4) is 0 Å². The summed E-state index contributed by atoms with van der Waals surface area (Å²) < 4.78 is 5.27. The largest absolute Gasteiger partial charge is 0.497 e. The molecule has 0 saturated carbocycles. The van der Waals surface area contributed by atoms with E-state index >= 15 is 0 Å². The number of carbonyl (C=O) groups is 3. The molecular weight excluding hydrogens is 418 g/mol. The summed E-state index contributed by atoms with van der Waals surface area (Å²) in [6, 6.07) is 21.1. The topological polar surface area (TPSA) is 87.7 Å². The number of benzene rings is 3. The van der Waals surface area contributed by atoms with Crippen LogP contribution in [0.15, 0.2) is 78.5 Å². The predicted octanol–water partition coefficient (Wildman–Crippen LogP) is 4.36. The molecule has 3 aromatic rings. The van der Waals surface area contributed by atoms with Crippen LogP contribution in [0.5, 0.6) is 5.75 Å². The third kappa shape index (κ3) is 4.48. The van der Waals surface area contributed by atoms with Gasteiger partial charge in [-0.2, -0.15) is 0 Å². The maximum absolute atomic E-state index is 13.5. The number of rotatable bonds is 6. The molecule has 3 aromatic carbocycles. The monoisotopic (exact) mass is 441 g/mol. The number of carbonyl (C=O) groups excluding carboxylic acids is 3. The molecule has 0 unspecified atom stereocenters. The highest BCUT2D eigenvalue weighted by Crippen LogP contribution is 2.34. The van der Waals surface area contributed by atoms with Gasteiger partial charge in [0.25, 0.3) is 11.8 Å². The van der Waals surface area contributed by atoms with Gasteiger partial charge < -0.3 is 15.4 Å². The number of nitrogens with zero attached hydrogens (tertiary/aromatic N) is 1. The first-order valence-corrected chi connectivity index (χ1v) is 10.4. The molecule has 3 amide bonds. The summed E-state index contributed by atoms with van der Waals surface area (Å²) in [7, 11) is 1.56. The zero-order valence-electron chi connectivity index (χ0n) is 18.5. The fourth-order valence-corrected chi connectivity index (χ4v) is 3.61. The van der Waals surface area contributed by atoms with Crippen molar-refractivity contribution in [2.45, 2.75) is 13.8 Å². The predicted molar refractivity (Wildman–Crippen MR) is 128 cm³/mol. The number of nitrogens with one attached hydrogen (secondary N) is 2. The van der Waals surface area contributed by atoms with Gasteiger partial charge >= 0.3 is 0 Å². The second kappa shape index (κ2) is 9.00. The number of methoxy groups -OCH3 is 1. The van der Waals surface area contributed by atoms with Gasteiger partial charge in [-0.25, -0.2) is 4.90 Å². The maximum Gasteiger partial charge on any atom is 0.282 e. The van der Waals surface area contributed by atoms with Crippen molar-refractivity contribution in [1.29, 1.82) is 0 Å². The van der Waals surface area contributed by atoms with Gasteiger partial charge in [0.15, 0.2) is 0 Å². The average Bonchev–Trinajstić information content (AvgIpc) is 3.04. The van der Waals surface area contributed by atoms with Crippen LogP contribution in [0.25, 0.3) is 5.57 Å². The highest BCUT2D eigenvalue weighted by Gasteiger charge is 2.40. The minimum absolute atomic E-state index is 0.168. The molecule has 4 rings (SSSR count). The fraction of sp³-hybridized carbons (Fsp3) is 0.115. The normalized spacial score (nSPS) is 13.4. The number of imide groups is 1. The van der Waals surface area contributed by atoms with Crippen molar-refractivity contribution in [3.05, 3.63) is 89.6 Å². The summed E-state index contributed by atoms with van der Waals surface area (Å²) >= 11 is 0. The van der Waals surface area contributed by atoms with Crippen LogP contribution in [-0.2, 0) is 14.4 Å². The van der Waals surface area contributed by atoms with Crippen LogP contribution < -0.4 is 20.3 Å². The molecule has 0 fully saturated rings. The Morgan fingerprint density at radius 3 is 2.21 bits per heavy atom. The Kier molecular flexibility index (Phi) is 5.95. The minimum atomic E-state index is -0.451. The van der Waals surface area contributed by atoms with Crippen molar-refractivity contribution in [3.8, 4) is 5.75 Å². The van der Waals surface area contributed by atoms with Crippen LogP contribution in [-0.4, -0.2) is 24.8 Å². The Morgan fingerprint density at radius 1 is 0.879 bits per heavy atom. The molecule has 1 aliphatic heterocycles. The van der Waals surface area contributed by atoms with Crippen LogP contribution in [0.2, 0.25) is 0 Å². The van der Waals surface area contributed by atoms with E-state index in [2.05, 4.69) is 10.6 Å². The third-order valence-corrected chi connectivity index (χ3v) is 5.21. The van der Waals surface area contributed by atoms with Crippen LogP contribution >= 0.6 is 0 Å². The second-order valence-corrected chi connectivity index (χ2v) is 7.65. The van der Waals surface area contributed by atoms with E-state index < -0.39 is 11.8 Å². The zero-order valence-corrected chi connectivity index (χ0v) is 18.5. The van der Waals surface area contributed by atoms with Crippen LogP contribution in [0.1, 0.15) is 18.1 Å². The van der Waals surface area contributed by atoms with Gasteiger partial charge in [0.05, 0.1) is 18.4 Å². The van der Waals surface area contributed by atoms with Gasteiger partial charge in [0.1, 0.15) is 11.4 Å². The Morgan fingerprint density at radius 2 is 1.58 bits per heavy atom. The van der Waals surface area contributed by atoms with E-state index in [1.54, 1.807) is 67.8 Å². The molecular formula is C26H23N3O4. The lowest BCUT2D eigenvalue weighted by Crippen LogP contribution is -2.32. The van der Waals surface area contributed by atoms with Crippen LogP contribution in [0.4, 0.5) is 17.1 Å². The third-order valence-electron chi connectivity index (χ3n) is 5.21. The van der Waals surface area contributed by atoms with Gasteiger partial charge in [-0.1, -0.05) is 35.9 Å². The molecule has 7 heteroatoms. The molecule has 33 heavy (non-hydrogen) atoms. The number of amides is 3. The molecule has 0 aliphatic carbocycles. The molecule has 0 saturated heterocycles. The molecule has 0 spiro atoms. The number of hydrogen-bond acceptors (Lipinski definition) is 5. The smallest absolute Gasteiger partial charge is 0.282 e. The Hall–Kier alpha value is -4.39. The second-order valence-electron chi connectivity index (χ2n) is 7.65. The summed E-state index contributed by atoms with van der Waals surface area (Å²) in [6.45, 7) is 3.36. The lowest BCUT2D eigenvalue weighted by Gasteiger charge is -2.15. The lowest BCUT2D eigenvalue weighted by molar-refractivity contribution is -0.120. The first kappa shape index (κ1) is 21.8. The van der Waals surface area contributed by atoms with Crippen LogP contribution in [0, 0.1) is 6.92 Å².